The smallest absolute Gasteiger partial charge is 0.315 e. The molecule has 0 bridgehead atoms. The molecule has 1 atom stereocenters. The van der Waals surface area contributed by atoms with Crippen LogP contribution in [0.5, 0.6) is 0 Å². The van der Waals surface area contributed by atoms with E-state index in [0.717, 1.165) is 24.2 Å². The number of nitrogens with zero attached hydrogens (tertiary/aromatic N) is 2. The molecule has 4 N–H and O–H groups in total. The summed E-state index contributed by atoms with van der Waals surface area (Å²) in [4.78, 5) is 11.7. The van der Waals surface area contributed by atoms with Gasteiger partial charge in [-0.1, -0.05) is 18.2 Å². The molecule has 0 aliphatic heterocycles. The van der Waals surface area contributed by atoms with Crippen molar-refractivity contribution in [1.82, 2.24) is 20.4 Å². The molecule has 1 aromatic carbocycles. The Balaban J connectivity index is 1.76. The number of rotatable bonds is 8. The highest BCUT2D eigenvalue weighted by atomic mass is 16.5. The number of hydrogen-bond donors (Lipinski definition) is 3. The quantitative estimate of drug-likeness (QED) is 0.642. The predicted octanol–water partition coefficient (Wildman–Crippen LogP) is 1.72. The largest absolute Gasteiger partial charge is 0.384 e. The number of carbonyl (C=O) groups excluding carboxylic acids is 1. The summed E-state index contributed by atoms with van der Waals surface area (Å²) in [5.74, 6) is 0.607. The van der Waals surface area contributed by atoms with Crippen LogP contribution in [-0.4, -0.2) is 42.1 Å². The van der Waals surface area contributed by atoms with Crippen molar-refractivity contribution < 1.29 is 9.53 Å². The first-order valence-corrected chi connectivity index (χ1v) is 8.03. The standard InChI is InChI=1S/C17H25N5O2/c1-13(12-24-2)20-17(23)19-10-6-7-14-11-16(18)22(21-14)15-8-4-3-5-9-15/h3-5,8-9,11,13H,6-7,10,12,18H2,1-2H3,(H2,19,20,23). The molecule has 2 aromatic rings. The molecule has 0 radical (unpaired) electrons. The van der Waals surface area contributed by atoms with Gasteiger partial charge in [-0.25, -0.2) is 9.48 Å². The lowest BCUT2D eigenvalue weighted by Crippen LogP contribution is -2.42. The SMILES string of the molecule is COCC(C)NC(=O)NCCCc1cc(N)n(-c2ccccc2)n1. The average molecular weight is 331 g/mol. The van der Waals surface area contributed by atoms with E-state index in [1.165, 1.54) is 0 Å². The number of hydrogen-bond acceptors (Lipinski definition) is 4. The van der Waals surface area contributed by atoms with Crippen LogP contribution in [0.25, 0.3) is 5.69 Å². The third kappa shape index (κ3) is 5.27. The second-order valence-electron chi connectivity index (χ2n) is 5.67. The lowest BCUT2D eigenvalue weighted by molar-refractivity contribution is 0.171. The number of nitrogens with two attached hydrogens (primary N) is 1. The second-order valence-corrected chi connectivity index (χ2v) is 5.67. The molecule has 0 aliphatic rings. The van der Waals surface area contributed by atoms with E-state index in [9.17, 15) is 4.79 Å². The van der Waals surface area contributed by atoms with Gasteiger partial charge in [-0.3, -0.25) is 0 Å². The fourth-order valence-corrected chi connectivity index (χ4v) is 2.38. The maximum Gasteiger partial charge on any atom is 0.315 e. The minimum Gasteiger partial charge on any atom is -0.384 e. The predicted molar refractivity (Wildman–Crippen MR) is 94.2 cm³/mol. The Hall–Kier alpha value is -2.54. The zero-order valence-electron chi connectivity index (χ0n) is 14.2. The number of carbonyl (C=O) groups is 1. The Bertz CT molecular complexity index is 642. The van der Waals surface area contributed by atoms with Gasteiger partial charge in [-0.15, -0.1) is 0 Å². The summed E-state index contributed by atoms with van der Waals surface area (Å²) in [5.41, 5.74) is 7.86. The molecule has 130 valence electrons. The van der Waals surface area contributed by atoms with Crippen molar-refractivity contribution in [2.75, 3.05) is 26.0 Å². The molecule has 0 saturated carbocycles. The molecular weight excluding hydrogens is 306 g/mol. The van der Waals surface area contributed by atoms with Gasteiger partial charge >= 0.3 is 6.03 Å². The summed E-state index contributed by atoms with van der Waals surface area (Å²) < 4.78 is 6.70. The van der Waals surface area contributed by atoms with E-state index in [1.807, 2.05) is 43.3 Å². The van der Waals surface area contributed by atoms with Crippen LogP contribution in [-0.2, 0) is 11.2 Å². The van der Waals surface area contributed by atoms with Crippen molar-refractivity contribution in [2.45, 2.75) is 25.8 Å². The fraction of sp³-hybridized carbons (Fsp3) is 0.412. The van der Waals surface area contributed by atoms with Crippen LogP contribution >= 0.6 is 0 Å². The zero-order valence-corrected chi connectivity index (χ0v) is 14.2. The number of aryl methyl sites for hydroxylation is 1. The molecular formula is C17H25N5O2. The number of benzene rings is 1. The van der Waals surface area contributed by atoms with Crippen LogP contribution < -0.4 is 16.4 Å². The number of nitrogens with one attached hydrogen (secondary N) is 2. The van der Waals surface area contributed by atoms with Crippen LogP contribution in [0, 0.1) is 0 Å². The Morgan fingerprint density at radius 1 is 1.38 bits per heavy atom. The number of nitrogen functional groups attached to an aromatic ring is 1. The van der Waals surface area contributed by atoms with Crippen LogP contribution in [0.3, 0.4) is 0 Å². The first-order valence-electron chi connectivity index (χ1n) is 8.03. The molecule has 1 aromatic heterocycles. The van der Waals surface area contributed by atoms with Gasteiger partial charge in [-0.2, -0.15) is 5.10 Å². The van der Waals surface area contributed by atoms with Crippen molar-refractivity contribution in [3.63, 3.8) is 0 Å². The minimum atomic E-state index is -0.186. The maximum absolute atomic E-state index is 11.7. The monoisotopic (exact) mass is 331 g/mol. The maximum atomic E-state index is 11.7. The average Bonchev–Trinajstić information content (AvgIpc) is 2.93. The number of urea groups is 1. The Kier molecular flexibility index (Phi) is 6.62. The first-order chi connectivity index (χ1) is 11.6. The van der Waals surface area contributed by atoms with Gasteiger partial charge < -0.3 is 21.1 Å². The Morgan fingerprint density at radius 2 is 2.12 bits per heavy atom. The van der Waals surface area contributed by atoms with Gasteiger partial charge in [0.25, 0.3) is 0 Å². The molecule has 0 aliphatic carbocycles. The molecule has 1 unspecified atom stereocenters. The normalized spacial score (nSPS) is 11.9. The topological polar surface area (TPSA) is 94.2 Å². The number of methoxy groups -OCH3 is 1. The number of ether oxygens (including phenoxy) is 1. The van der Waals surface area contributed by atoms with Gasteiger partial charge in [0.2, 0.25) is 0 Å². The number of anilines is 1. The van der Waals surface area contributed by atoms with Crippen molar-refractivity contribution in [3.8, 4) is 5.69 Å². The van der Waals surface area contributed by atoms with Crippen molar-refractivity contribution in [2.24, 2.45) is 0 Å². The summed E-state index contributed by atoms with van der Waals surface area (Å²) in [7, 11) is 1.61. The molecule has 2 rings (SSSR count). The van der Waals surface area contributed by atoms with E-state index in [-0.39, 0.29) is 12.1 Å². The van der Waals surface area contributed by atoms with Crippen LogP contribution in [0.2, 0.25) is 0 Å². The first kappa shape index (κ1) is 17.8. The van der Waals surface area contributed by atoms with Gasteiger partial charge in [-0.05, 0) is 31.9 Å². The third-order valence-corrected chi connectivity index (χ3v) is 3.48. The van der Waals surface area contributed by atoms with E-state index in [1.54, 1.807) is 11.8 Å². The Morgan fingerprint density at radius 3 is 2.83 bits per heavy atom. The van der Waals surface area contributed by atoms with Crippen molar-refractivity contribution in [3.05, 3.63) is 42.1 Å². The van der Waals surface area contributed by atoms with Gasteiger partial charge in [0.15, 0.2) is 0 Å². The lowest BCUT2D eigenvalue weighted by atomic mass is 10.2. The fourth-order valence-electron chi connectivity index (χ4n) is 2.38. The van der Waals surface area contributed by atoms with Crippen LogP contribution in [0.4, 0.5) is 10.6 Å². The Labute approximate surface area is 142 Å². The highest BCUT2D eigenvalue weighted by Gasteiger charge is 2.08. The van der Waals surface area contributed by atoms with Crippen molar-refractivity contribution in [1.29, 1.82) is 0 Å². The number of amides is 2. The molecule has 24 heavy (non-hydrogen) atoms. The minimum absolute atomic E-state index is 0.0173. The van der Waals surface area contributed by atoms with E-state index in [2.05, 4.69) is 15.7 Å². The summed E-state index contributed by atoms with van der Waals surface area (Å²) in [6.07, 6.45) is 1.54. The summed E-state index contributed by atoms with van der Waals surface area (Å²) in [5, 5.41) is 10.1. The van der Waals surface area contributed by atoms with Crippen molar-refractivity contribution >= 4 is 11.8 Å². The second kappa shape index (κ2) is 8.93. The van der Waals surface area contributed by atoms with E-state index in [0.29, 0.717) is 19.0 Å². The summed E-state index contributed by atoms with van der Waals surface area (Å²) >= 11 is 0. The lowest BCUT2D eigenvalue weighted by Gasteiger charge is -2.13. The molecule has 1 heterocycles. The van der Waals surface area contributed by atoms with Crippen LogP contribution in [0.15, 0.2) is 36.4 Å². The number of aromatic nitrogens is 2. The molecule has 0 fully saturated rings. The molecule has 0 saturated heterocycles. The molecule has 7 heteroatoms. The summed E-state index contributed by atoms with van der Waals surface area (Å²) in [6, 6.07) is 11.4. The highest BCUT2D eigenvalue weighted by molar-refractivity contribution is 5.74. The number of para-hydroxylation sites is 1. The third-order valence-electron chi connectivity index (χ3n) is 3.48. The van der Waals surface area contributed by atoms with E-state index >= 15 is 0 Å². The van der Waals surface area contributed by atoms with E-state index in [4.69, 9.17) is 10.5 Å². The van der Waals surface area contributed by atoms with E-state index < -0.39 is 0 Å². The summed E-state index contributed by atoms with van der Waals surface area (Å²) in [6.45, 7) is 2.95. The molecule has 0 spiro atoms. The molecule has 2 amide bonds. The van der Waals surface area contributed by atoms with Gasteiger partial charge in [0.05, 0.1) is 24.0 Å². The zero-order chi connectivity index (χ0) is 17.4. The van der Waals surface area contributed by atoms with Crippen LogP contribution in [0.1, 0.15) is 19.0 Å². The van der Waals surface area contributed by atoms with Gasteiger partial charge in [0.1, 0.15) is 5.82 Å². The highest BCUT2D eigenvalue weighted by Crippen LogP contribution is 2.14. The van der Waals surface area contributed by atoms with Gasteiger partial charge in [0, 0.05) is 19.7 Å². The molecule has 7 nitrogen and oxygen atoms in total.